The van der Waals surface area contributed by atoms with E-state index in [0.717, 1.165) is 12.8 Å². The molecule has 0 atom stereocenters. The molecule has 7 heteroatoms. The van der Waals surface area contributed by atoms with Crippen LogP contribution in [0.3, 0.4) is 0 Å². The second kappa shape index (κ2) is 5.20. The number of aromatic nitrogens is 2. The van der Waals surface area contributed by atoms with Crippen LogP contribution < -0.4 is 15.8 Å². The van der Waals surface area contributed by atoms with Crippen molar-refractivity contribution < 1.29 is 13.9 Å². The van der Waals surface area contributed by atoms with Crippen LogP contribution in [-0.2, 0) is 4.79 Å². The molecule has 7 nitrogen and oxygen atoms in total. The van der Waals surface area contributed by atoms with Gasteiger partial charge in [0.25, 0.3) is 5.91 Å². The zero-order valence-corrected chi connectivity index (χ0v) is 10.7. The van der Waals surface area contributed by atoms with Gasteiger partial charge >= 0.3 is 6.01 Å². The minimum atomic E-state index is -0.354. The van der Waals surface area contributed by atoms with Crippen LogP contribution in [0.2, 0.25) is 0 Å². The fourth-order valence-electron chi connectivity index (χ4n) is 1.65. The Bertz CT molecular complexity index is 604. The Balaban J connectivity index is 1.49. The first-order valence-corrected chi connectivity index (χ1v) is 6.32. The highest BCUT2D eigenvalue weighted by atomic mass is 16.5. The number of carbonyl (C=O) groups is 1. The van der Waals surface area contributed by atoms with Crippen molar-refractivity contribution in [2.24, 2.45) is 0 Å². The summed E-state index contributed by atoms with van der Waals surface area (Å²) in [4.78, 5) is 11.7. The molecule has 20 heavy (non-hydrogen) atoms. The minimum absolute atomic E-state index is 0.109. The van der Waals surface area contributed by atoms with E-state index < -0.39 is 0 Å². The molecule has 2 aromatic rings. The van der Waals surface area contributed by atoms with Crippen LogP contribution in [-0.4, -0.2) is 22.7 Å². The predicted molar refractivity (Wildman–Crippen MR) is 71.3 cm³/mol. The standard InChI is InChI=1S/C13H14N4O3/c14-9-3-5-10(6-4-9)19-7-11(18)15-13-17-16-12(20-13)8-1-2-8/h3-6,8H,1-2,7,14H2,(H,15,17,18). The molecule has 1 aromatic carbocycles. The number of anilines is 2. The number of nitrogen functional groups attached to an aromatic ring is 1. The third-order valence-electron chi connectivity index (χ3n) is 2.86. The van der Waals surface area contributed by atoms with Crippen LogP contribution in [0, 0.1) is 0 Å². The smallest absolute Gasteiger partial charge is 0.322 e. The van der Waals surface area contributed by atoms with E-state index in [-0.39, 0.29) is 18.5 Å². The zero-order chi connectivity index (χ0) is 13.9. The Morgan fingerprint density at radius 1 is 1.35 bits per heavy atom. The highest BCUT2D eigenvalue weighted by Gasteiger charge is 2.29. The number of hydrogen-bond donors (Lipinski definition) is 2. The lowest BCUT2D eigenvalue weighted by atomic mass is 10.3. The normalized spacial score (nSPS) is 14.0. The van der Waals surface area contributed by atoms with Gasteiger partial charge in [-0.2, -0.15) is 0 Å². The first kappa shape index (κ1) is 12.5. The van der Waals surface area contributed by atoms with E-state index in [4.69, 9.17) is 14.9 Å². The summed E-state index contributed by atoms with van der Waals surface area (Å²) in [5, 5.41) is 10.1. The fourth-order valence-corrected chi connectivity index (χ4v) is 1.65. The number of amides is 1. The molecule has 0 bridgehead atoms. The Kier molecular flexibility index (Phi) is 3.24. The van der Waals surface area contributed by atoms with Crippen LogP contribution in [0.4, 0.5) is 11.7 Å². The van der Waals surface area contributed by atoms with Crippen LogP contribution in [0.5, 0.6) is 5.75 Å². The van der Waals surface area contributed by atoms with Crippen LogP contribution in [0.25, 0.3) is 0 Å². The Labute approximate surface area is 115 Å². The third-order valence-corrected chi connectivity index (χ3v) is 2.86. The zero-order valence-electron chi connectivity index (χ0n) is 10.7. The van der Waals surface area contributed by atoms with Gasteiger partial charge in [0.15, 0.2) is 6.61 Å². The average Bonchev–Trinajstić information content (AvgIpc) is 3.19. The second-order valence-corrected chi connectivity index (χ2v) is 4.63. The largest absolute Gasteiger partial charge is 0.484 e. The van der Waals surface area contributed by atoms with Gasteiger partial charge in [-0.05, 0) is 37.1 Å². The van der Waals surface area contributed by atoms with Gasteiger partial charge in [-0.15, -0.1) is 5.10 Å². The molecule has 1 saturated carbocycles. The molecule has 104 valence electrons. The fraction of sp³-hybridized carbons (Fsp3) is 0.308. The summed E-state index contributed by atoms with van der Waals surface area (Å²) >= 11 is 0. The quantitative estimate of drug-likeness (QED) is 0.802. The molecule has 1 heterocycles. The van der Waals surface area contributed by atoms with Crippen LogP contribution >= 0.6 is 0 Å². The number of rotatable bonds is 5. The molecule has 1 aliphatic rings. The minimum Gasteiger partial charge on any atom is -0.484 e. The van der Waals surface area contributed by atoms with Crippen molar-refractivity contribution in [2.45, 2.75) is 18.8 Å². The number of nitrogens with one attached hydrogen (secondary N) is 1. The molecule has 0 aliphatic heterocycles. The van der Waals surface area contributed by atoms with Crippen molar-refractivity contribution in [3.63, 3.8) is 0 Å². The van der Waals surface area contributed by atoms with Gasteiger partial charge in [0, 0.05) is 11.6 Å². The maximum Gasteiger partial charge on any atom is 0.322 e. The van der Waals surface area contributed by atoms with Crippen LogP contribution in [0.15, 0.2) is 28.7 Å². The number of benzene rings is 1. The van der Waals surface area contributed by atoms with Gasteiger partial charge in [0.1, 0.15) is 5.75 Å². The summed E-state index contributed by atoms with van der Waals surface area (Å²) in [5.74, 6) is 1.16. The maximum absolute atomic E-state index is 11.7. The van der Waals surface area contributed by atoms with Gasteiger partial charge in [-0.25, -0.2) is 0 Å². The van der Waals surface area contributed by atoms with Gasteiger partial charge in [0.05, 0.1) is 0 Å². The first-order chi connectivity index (χ1) is 9.70. The summed E-state index contributed by atoms with van der Waals surface area (Å²) in [6.07, 6.45) is 2.13. The molecule has 1 aliphatic carbocycles. The lowest BCUT2D eigenvalue weighted by Crippen LogP contribution is -2.20. The van der Waals surface area contributed by atoms with E-state index in [0.29, 0.717) is 23.2 Å². The molecular formula is C13H14N4O3. The van der Waals surface area contributed by atoms with E-state index >= 15 is 0 Å². The average molecular weight is 274 g/mol. The molecule has 3 N–H and O–H groups in total. The molecule has 1 fully saturated rings. The van der Waals surface area contributed by atoms with Crippen molar-refractivity contribution >= 4 is 17.6 Å². The lowest BCUT2D eigenvalue weighted by molar-refractivity contribution is -0.118. The highest BCUT2D eigenvalue weighted by molar-refractivity contribution is 5.89. The third kappa shape index (κ3) is 3.05. The van der Waals surface area contributed by atoms with E-state index in [1.807, 2.05) is 0 Å². The van der Waals surface area contributed by atoms with Crippen molar-refractivity contribution in [3.8, 4) is 5.75 Å². The highest BCUT2D eigenvalue weighted by Crippen LogP contribution is 2.39. The summed E-state index contributed by atoms with van der Waals surface area (Å²) in [7, 11) is 0. The molecule has 1 aromatic heterocycles. The van der Waals surface area contributed by atoms with E-state index in [1.54, 1.807) is 24.3 Å². The molecule has 1 amide bonds. The maximum atomic E-state index is 11.7. The summed E-state index contributed by atoms with van der Waals surface area (Å²) in [5.41, 5.74) is 6.19. The molecule has 0 spiro atoms. The topological polar surface area (TPSA) is 103 Å². The summed E-state index contributed by atoms with van der Waals surface area (Å²) < 4.78 is 10.6. The van der Waals surface area contributed by atoms with Gasteiger partial charge < -0.3 is 14.9 Å². The monoisotopic (exact) mass is 274 g/mol. The Hall–Kier alpha value is -2.57. The van der Waals surface area contributed by atoms with Crippen molar-refractivity contribution in [1.29, 1.82) is 0 Å². The lowest BCUT2D eigenvalue weighted by Gasteiger charge is -2.05. The summed E-state index contributed by atoms with van der Waals surface area (Å²) in [6.45, 7) is -0.134. The van der Waals surface area contributed by atoms with Crippen molar-refractivity contribution in [3.05, 3.63) is 30.2 Å². The molecule has 3 rings (SSSR count). The van der Waals surface area contributed by atoms with Gasteiger partial charge in [0.2, 0.25) is 5.89 Å². The number of nitrogens with two attached hydrogens (primary N) is 1. The molecule has 0 saturated heterocycles. The van der Waals surface area contributed by atoms with Crippen molar-refractivity contribution in [2.75, 3.05) is 17.7 Å². The Morgan fingerprint density at radius 3 is 2.80 bits per heavy atom. The number of nitrogens with zero attached hydrogens (tertiary/aromatic N) is 2. The van der Waals surface area contributed by atoms with Gasteiger partial charge in [-0.1, -0.05) is 5.10 Å². The van der Waals surface area contributed by atoms with Gasteiger partial charge in [-0.3, -0.25) is 10.1 Å². The SMILES string of the molecule is Nc1ccc(OCC(=O)Nc2nnc(C3CC3)o2)cc1. The predicted octanol–water partition coefficient (Wildman–Crippen LogP) is 1.55. The summed E-state index contributed by atoms with van der Waals surface area (Å²) in [6, 6.07) is 6.90. The van der Waals surface area contributed by atoms with E-state index in [9.17, 15) is 4.79 Å². The second-order valence-electron chi connectivity index (χ2n) is 4.63. The van der Waals surface area contributed by atoms with Crippen LogP contribution in [0.1, 0.15) is 24.7 Å². The molecule has 0 radical (unpaired) electrons. The number of hydrogen-bond acceptors (Lipinski definition) is 6. The van der Waals surface area contributed by atoms with E-state index in [2.05, 4.69) is 15.5 Å². The number of ether oxygens (including phenoxy) is 1. The first-order valence-electron chi connectivity index (χ1n) is 6.32. The Morgan fingerprint density at radius 2 is 2.10 bits per heavy atom. The van der Waals surface area contributed by atoms with E-state index in [1.165, 1.54) is 0 Å². The molecular weight excluding hydrogens is 260 g/mol. The van der Waals surface area contributed by atoms with Crippen molar-refractivity contribution in [1.82, 2.24) is 10.2 Å². The molecule has 0 unspecified atom stereocenters. The number of carbonyl (C=O) groups excluding carboxylic acids is 1.